The number of rotatable bonds is 6. The van der Waals surface area contributed by atoms with E-state index in [-0.39, 0.29) is 12.0 Å². The first-order valence-corrected chi connectivity index (χ1v) is 10.6. The molecule has 1 amide bonds. The van der Waals surface area contributed by atoms with Crippen LogP contribution in [0.25, 0.3) is 0 Å². The lowest BCUT2D eigenvalue weighted by Crippen LogP contribution is -2.53. The minimum atomic E-state index is -0.483. The molecule has 1 aromatic rings. The zero-order chi connectivity index (χ0) is 22.3. The molecule has 9 heteroatoms. The molecule has 1 unspecified atom stereocenters. The van der Waals surface area contributed by atoms with Gasteiger partial charge in [-0.1, -0.05) is 12.1 Å². The molecular formula is C21H38N6O3. The molecule has 1 atom stereocenters. The van der Waals surface area contributed by atoms with Crippen molar-refractivity contribution in [1.29, 1.82) is 0 Å². The molecule has 1 aliphatic rings. The van der Waals surface area contributed by atoms with Crippen molar-refractivity contribution in [2.75, 3.05) is 53.4 Å². The standard InChI is InChI=1S/C21H38N6O3/c1-16(14-25(7)20(28)29-21(3,4)5)13-23-19(22-6)27-10-8-26(9-11-27)15-18-12-17(2)30-24-18/h12,16H,8-11,13-15H2,1-7H3,(H,22,23). The molecule has 9 nitrogen and oxygen atoms in total. The molecule has 2 rings (SSSR count). The molecule has 0 bridgehead atoms. The summed E-state index contributed by atoms with van der Waals surface area (Å²) in [4.78, 5) is 22.9. The monoisotopic (exact) mass is 422 g/mol. The molecular weight excluding hydrogens is 384 g/mol. The Morgan fingerprint density at radius 1 is 1.37 bits per heavy atom. The highest BCUT2D eigenvalue weighted by molar-refractivity contribution is 5.80. The summed E-state index contributed by atoms with van der Waals surface area (Å²) in [6.45, 7) is 15.5. The van der Waals surface area contributed by atoms with Gasteiger partial charge in [0.05, 0.1) is 5.69 Å². The van der Waals surface area contributed by atoms with Gasteiger partial charge >= 0.3 is 6.09 Å². The Morgan fingerprint density at radius 3 is 2.57 bits per heavy atom. The number of amides is 1. The third-order valence-electron chi connectivity index (χ3n) is 4.85. The minimum absolute atomic E-state index is 0.260. The van der Waals surface area contributed by atoms with Crippen LogP contribution in [0.5, 0.6) is 0 Å². The van der Waals surface area contributed by atoms with Gasteiger partial charge in [-0.3, -0.25) is 9.89 Å². The Labute approximate surface area is 180 Å². The summed E-state index contributed by atoms with van der Waals surface area (Å²) >= 11 is 0. The lowest BCUT2D eigenvalue weighted by Gasteiger charge is -2.36. The number of aromatic nitrogens is 1. The second kappa shape index (κ2) is 10.7. The number of piperazine rings is 1. The van der Waals surface area contributed by atoms with Gasteiger partial charge in [-0.15, -0.1) is 0 Å². The fourth-order valence-electron chi connectivity index (χ4n) is 3.38. The number of guanidine groups is 1. The van der Waals surface area contributed by atoms with Gasteiger partial charge in [0.15, 0.2) is 5.96 Å². The van der Waals surface area contributed by atoms with E-state index < -0.39 is 5.60 Å². The lowest BCUT2D eigenvalue weighted by atomic mass is 10.1. The van der Waals surface area contributed by atoms with Gasteiger partial charge in [0.1, 0.15) is 11.4 Å². The average Bonchev–Trinajstić information content (AvgIpc) is 3.06. The van der Waals surface area contributed by atoms with Gasteiger partial charge in [0.25, 0.3) is 0 Å². The number of hydrogen-bond donors (Lipinski definition) is 1. The van der Waals surface area contributed by atoms with Crippen LogP contribution >= 0.6 is 0 Å². The lowest BCUT2D eigenvalue weighted by molar-refractivity contribution is 0.0277. The first-order valence-electron chi connectivity index (χ1n) is 10.6. The summed E-state index contributed by atoms with van der Waals surface area (Å²) in [5, 5.41) is 7.53. The van der Waals surface area contributed by atoms with Gasteiger partial charge in [-0.05, 0) is 33.6 Å². The number of aryl methyl sites for hydroxylation is 1. The molecule has 0 spiro atoms. The Bertz CT molecular complexity index is 704. The molecule has 170 valence electrons. The smallest absolute Gasteiger partial charge is 0.410 e. The molecule has 0 aliphatic carbocycles. The summed E-state index contributed by atoms with van der Waals surface area (Å²) in [5.41, 5.74) is 0.496. The Kier molecular flexibility index (Phi) is 8.52. The topological polar surface area (TPSA) is 86.4 Å². The zero-order valence-corrected chi connectivity index (χ0v) is 19.6. The van der Waals surface area contributed by atoms with Gasteiger partial charge in [-0.2, -0.15) is 0 Å². The predicted molar refractivity (Wildman–Crippen MR) is 117 cm³/mol. The Morgan fingerprint density at radius 2 is 2.03 bits per heavy atom. The van der Waals surface area contributed by atoms with E-state index in [9.17, 15) is 4.79 Å². The van der Waals surface area contributed by atoms with E-state index in [2.05, 4.69) is 32.2 Å². The summed E-state index contributed by atoms with van der Waals surface area (Å²) in [7, 11) is 3.58. The van der Waals surface area contributed by atoms with Gasteiger partial charge in [0.2, 0.25) is 0 Å². The molecule has 1 N–H and O–H groups in total. The number of carbonyl (C=O) groups is 1. The second-order valence-electron chi connectivity index (χ2n) is 9.09. The third-order valence-corrected chi connectivity index (χ3v) is 4.85. The minimum Gasteiger partial charge on any atom is -0.444 e. The van der Waals surface area contributed by atoms with Crippen LogP contribution < -0.4 is 5.32 Å². The fourth-order valence-corrected chi connectivity index (χ4v) is 3.38. The van der Waals surface area contributed by atoms with Gasteiger partial charge < -0.3 is 24.4 Å². The second-order valence-corrected chi connectivity index (χ2v) is 9.09. The largest absolute Gasteiger partial charge is 0.444 e. The van der Waals surface area contributed by atoms with E-state index in [0.717, 1.165) is 56.7 Å². The molecule has 1 saturated heterocycles. The highest BCUT2D eigenvalue weighted by Crippen LogP contribution is 2.11. The number of hydrogen-bond acceptors (Lipinski definition) is 6. The van der Waals surface area contributed by atoms with Crippen molar-refractivity contribution in [2.24, 2.45) is 10.9 Å². The number of nitrogens with one attached hydrogen (secondary N) is 1. The maximum atomic E-state index is 12.1. The first kappa shape index (κ1) is 24.0. The van der Waals surface area contributed by atoms with Crippen LogP contribution in [0.3, 0.4) is 0 Å². The van der Waals surface area contributed by atoms with E-state index >= 15 is 0 Å². The molecule has 0 saturated carbocycles. The van der Waals surface area contributed by atoms with E-state index in [4.69, 9.17) is 9.26 Å². The predicted octanol–water partition coefficient (Wildman–Crippen LogP) is 2.18. The molecule has 2 heterocycles. The van der Waals surface area contributed by atoms with E-state index in [0.29, 0.717) is 6.54 Å². The van der Waals surface area contributed by atoms with Crippen molar-refractivity contribution in [1.82, 2.24) is 25.2 Å². The van der Waals surface area contributed by atoms with Crippen LogP contribution in [-0.2, 0) is 11.3 Å². The number of carbonyl (C=O) groups excluding carboxylic acids is 1. The van der Waals surface area contributed by atoms with Crippen molar-refractivity contribution < 1.29 is 14.1 Å². The van der Waals surface area contributed by atoms with Crippen LogP contribution in [0.15, 0.2) is 15.6 Å². The molecule has 1 aromatic heterocycles. The summed E-state index contributed by atoms with van der Waals surface area (Å²) in [5.74, 6) is 2.01. The summed E-state index contributed by atoms with van der Waals surface area (Å²) in [6, 6.07) is 1.99. The van der Waals surface area contributed by atoms with Crippen LogP contribution in [0, 0.1) is 12.8 Å². The van der Waals surface area contributed by atoms with Crippen LogP contribution in [0.1, 0.15) is 39.1 Å². The fraction of sp³-hybridized carbons (Fsp3) is 0.762. The maximum absolute atomic E-state index is 12.1. The molecule has 1 fully saturated rings. The SMILES string of the molecule is CN=C(NCC(C)CN(C)C(=O)OC(C)(C)C)N1CCN(Cc2cc(C)on2)CC1. The van der Waals surface area contributed by atoms with Crippen molar-refractivity contribution in [3.8, 4) is 0 Å². The Hall–Kier alpha value is -2.29. The maximum Gasteiger partial charge on any atom is 0.410 e. The van der Waals surface area contributed by atoms with Crippen molar-refractivity contribution in [3.63, 3.8) is 0 Å². The van der Waals surface area contributed by atoms with Gasteiger partial charge in [0, 0.05) is 66.0 Å². The van der Waals surface area contributed by atoms with Gasteiger partial charge in [-0.25, -0.2) is 4.79 Å². The van der Waals surface area contributed by atoms with E-state index in [1.54, 1.807) is 11.9 Å². The van der Waals surface area contributed by atoms with Crippen molar-refractivity contribution in [2.45, 2.75) is 46.8 Å². The Balaban J connectivity index is 1.73. The normalized spacial score (nSPS) is 17.0. The molecule has 0 radical (unpaired) electrons. The zero-order valence-electron chi connectivity index (χ0n) is 19.6. The number of nitrogens with zero attached hydrogens (tertiary/aromatic N) is 5. The van der Waals surface area contributed by atoms with Crippen LogP contribution in [0.2, 0.25) is 0 Å². The molecule has 0 aromatic carbocycles. The molecule has 1 aliphatic heterocycles. The van der Waals surface area contributed by atoms with Crippen LogP contribution in [-0.4, -0.2) is 90.9 Å². The molecule has 30 heavy (non-hydrogen) atoms. The van der Waals surface area contributed by atoms with E-state index in [1.165, 1.54) is 0 Å². The number of aliphatic imine (C=N–C) groups is 1. The number of ether oxygens (including phenoxy) is 1. The average molecular weight is 423 g/mol. The quantitative estimate of drug-likeness (QED) is 0.555. The third kappa shape index (κ3) is 7.85. The van der Waals surface area contributed by atoms with Crippen LogP contribution in [0.4, 0.5) is 4.79 Å². The first-order chi connectivity index (χ1) is 14.1. The summed E-state index contributed by atoms with van der Waals surface area (Å²) < 4.78 is 10.6. The highest BCUT2D eigenvalue weighted by atomic mass is 16.6. The van der Waals surface area contributed by atoms with Crippen molar-refractivity contribution >= 4 is 12.1 Å². The summed E-state index contributed by atoms with van der Waals surface area (Å²) in [6.07, 6.45) is -0.294. The highest BCUT2D eigenvalue weighted by Gasteiger charge is 2.23. The van der Waals surface area contributed by atoms with E-state index in [1.807, 2.05) is 40.8 Å². The van der Waals surface area contributed by atoms with Crippen molar-refractivity contribution in [3.05, 3.63) is 17.5 Å².